The molecule has 2 amide bonds. The first-order chi connectivity index (χ1) is 9.06. The van der Waals surface area contributed by atoms with E-state index in [-0.39, 0.29) is 17.0 Å². The number of hydrogen-bond donors (Lipinski definition) is 5. The number of benzene rings is 1. The van der Waals surface area contributed by atoms with Crippen molar-refractivity contribution in [3.05, 3.63) is 36.2 Å². The van der Waals surface area contributed by atoms with Gasteiger partial charge < -0.3 is 20.8 Å². The Hall–Kier alpha value is -3.03. The normalized spacial score (nSPS) is 9.89. The lowest BCUT2D eigenvalue weighted by Crippen LogP contribution is -2.19. The van der Waals surface area contributed by atoms with Crippen molar-refractivity contribution in [2.24, 2.45) is 0 Å². The molecule has 98 valence electrons. The second-order valence-electron chi connectivity index (χ2n) is 3.60. The van der Waals surface area contributed by atoms with Crippen molar-refractivity contribution in [2.75, 3.05) is 10.6 Å². The summed E-state index contributed by atoms with van der Waals surface area (Å²) in [6.45, 7) is 0. The summed E-state index contributed by atoms with van der Waals surface area (Å²) in [7, 11) is 0. The molecule has 2 rings (SSSR count). The largest absolute Gasteiger partial charge is 0.507 e. The fraction of sp³-hybridized carbons (Fsp3) is 0. The molecule has 1 aromatic carbocycles. The molecule has 1 heterocycles. The minimum absolute atomic E-state index is 0.246. The number of H-pyrrole nitrogens is 1. The van der Waals surface area contributed by atoms with E-state index in [4.69, 9.17) is 5.11 Å². The zero-order valence-corrected chi connectivity index (χ0v) is 9.54. The van der Waals surface area contributed by atoms with Crippen molar-refractivity contribution < 1.29 is 19.8 Å². The van der Waals surface area contributed by atoms with Crippen molar-refractivity contribution in [3.8, 4) is 5.75 Å². The molecule has 0 bridgehead atoms. The smallest absolute Gasteiger partial charge is 0.339 e. The summed E-state index contributed by atoms with van der Waals surface area (Å²) < 4.78 is 0. The number of nitrogens with zero attached hydrogens (tertiary/aromatic N) is 1. The van der Waals surface area contributed by atoms with Gasteiger partial charge in [-0.05, 0) is 18.2 Å². The zero-order valence-electron chi connectivity index (χ0n) is 9.54. The van der Waals surface area contributed by atoms with E-state index in [2.05, 4.69) is 20.8 Å². The Labute approximate surface area is 107 Å². The number of anilines is 2. The predicted octanol–water partition coefficient (Wildman–Crippen LogP) is 1.46. The van der Waals surface area contributed by atoms with Crippen LogP contribution in [0.15, 0.2) is 30.6 Å². The van der Waals surface area contributed by atoms with E-state index in [1.165, 1.54) is 24.5 Å². The van der Waals surface area contributed by atoms with Crippen LogP contribution in [0.2, 0.25) is 0 Å². The average Bonchev–Trinajstić information content (AvgIpc) is 2.84. The third-order valence-electron chi connectivity index (χ3n) is 2.24. The van der Waals surface area contributed by atoms with Gasteiger partial charge >= 0.3 is 12.0 Å². The number of carbonyl (C=O) groups is 2. The molecular weight excluding hydrogens is 252 g/mol. The lowest BCUT2D eigenvalue weighted by atomic mass is 10.2. The second kappa shape index (κ2) is 5.08. The van der Waals surface area contributed by atoms with Crippen LogP contribution in [0.3, 0.4) is 0 Å². The van der Waals surface area contributed by atoms with Crippen molar-refractivity contribution >= 4 is 23.4 Å². The van der Waals surface area contributed by atoms with Crippen LogP contribution < -0.4 is 10.6 Å². The Kier molecular flexibility index (Phi) is 3.33. The average molecular weight is 262 g/mol. The van der Waals surface area contributed by atoms with E-state index in [9.17, 15) is 14.7 Å². The molecule has 0 radical (unpaired) electrons. The summed E-state index contributed by atoms with van der Waals surface area (Å²) in [6, 6.07) is 3.18. The first kappa shape index (κ1) is 12.4. The Morgan fingerprint density at radius 2 is 1.95 bits per heavy atom. The number of aromatic hydroxyl groups is 1. The standard InChI is InChI=1S/C11H10N4O4/c16-9-2-1-6(3-8(9)10(17)18)14-11(19)15-7-4-12-13-5-7/h1-5,16H,(H,12,13)(H,17,18)(H2,14,15,19). The van der Waals surface area contributed by atoms with Gasteiger partial charge in [0.15, 0.2) is 0 Å². The molecule has 8 nitrogen and oxygen atoms in total. The third-order valence-corrected chi connectivity index (χ3v) is 2.24. The van der Waals surface area contributed by atoms with Gasteiger partial charge in [-0.2, -0.15) is 5.10 Å². The van der Waals surface area contributed by atoms with E-state index in [1.54, 1.807) is 0 Å². The van der Waals surface area contributed by atoms with Crippen LogP contribution in [-0.2, 0) is 0 Å². The van der Waals surface area contributed by atoms with Gasteiger partial charge in [0.25, 0.3) is 0 Å². The van der Waals surface area contributed by atoms with Gasteiger partial charge in [-0.25, -0.2) is 9.59 Å². The molecule has 1 aromatic heterocycles. The maximum atomic E-state index is 11.6. The van der Waals surface area contributed by atoms with Gasteiger partial charge in [-0.3, -0.25) is 5.10 Å². The highest BCUT2D eigenvalue weighted by atomic mass is 16.4. The van der Waals surface area contributed by atoms with Crippen molar-refractivity contribution in [1.82, 2.24) is 10.2 Å². The number of carboxylic acids is 1. The molecule has 0 unspecified atom stereocenters. The highest BCUT2D eigenvalue weighted by molar-refractivity contribution is 6.00. The molecule has 0 aliphatic carbocycles. The number of aromatic amines is 1. The highest BCUT2D eigenvalue weighted by Crippen LogP contribution is 2.21. The van der Waals surface area contributed by atoms with Crippen molar-refractivity contribution in [1.29, 1.82) is 0 Å². The lowest BCUT2D eigenvalue weighted by Gasteiger charge is -2.07. The number of carbonyl (C=O) groups excluding carboxylic acids is 1. The molecule has 0 fully saturated rings. The van der Waals surface area contributed by atoms with Crippen LogP contribution in [0.4, 0.5) is 16.2 Å². The van der Waals surface area contributed by atoms with Gasteiger partial charge in [0.05, 0.1) is 11.9 Å². The summed E-state index contributed by atoms with van der Waals surface area (Å²) in [4.78, 5) is 22.4. The predicted molar refractivity (Wildman–Crippen MR) is 66.3 cm³/mol. The molecule has 19 heavy (non-hydrogen) atoms. The molecule has 8 heteroatoms. The van der Waals surface area contributed by atoms with Gasteiger partial charge in [-0.15, -0.1) is 0 Å². The van der Waals surface area contributed by atoms with E-state index in [0.29, 0.717) is 5.69 Å². The molecule has 5 N–H and O–H groups in total. The van der Waals surface area contributed by atoms with Crippen LogP contribution in [0.1, 0.15) is 10.4 Å². The second-order valence-corrected chi connectivity index (χ2v) is 3.60. The number of amides is 2. The van der Waals surface area contributed by atoms with Crippen molar-refractivity contribution in [2.45, 2.75) is 0 Å². The third kappa shape index (κ3) is 3.00. The molecular formula is C11H10N4O4. The van der Waals surface area contributed by atoms with E-state index in [1.807, 2.05) is 0 Å². The van der Waals surface area contributed by atoms with Crippen LogP contribution in [0, 0.1) is 0 Å². The van der Waals surface area contributed by atoms with E-state index >= 15 is 0 Å². The Morgan fingerprint density at radius 3 is 2.58 bits per heavy atom. The van der Waals surface area contributed by atoms with Gasteiger partial charge in [0.2, 0.25) is 0 Å². The topological polar surface area (TPSA) is 127 Å². The summed E-state index contributed by atoms with van der Waals surface area (Å²) >= 11 is 0. The fourth-order valence-electron chi connectivity index (χ4n) is 1.40. The maximum absolute atomic E-state index is 11.6. The number of aromatic carboxylic acids is 1. The molecule has 2 aromatic rings. The highest BCUT2D eigenvalue weighted by Gasteiger charge is 2.11. The number of phenols is 1. The first-order valence-corrected chi connectivity index (χ1v) is 5.19. The van der Waals surface area contributed by atoms with E-state index < -0.39 is 12.0 Å². The number of hydrogen-bond acceptors (Lipinski definition) is 4. The van der Waals surface area contributed by atoms with Crippen LogP contribution >= 0.6 is 0 Å². The Bertz CT molecular complexity index is 609. The molecule has 0 saturated carbocycles. The summed E-state index contributed by atoms with van der Waals surface area (Å²) in [5, 5.41) is 29.3. The Balaban J connectivity index is 2.09. The lowest BCUT2D eigenvalue weighted by molar-refractivity contribution is 0.0693. The molecule has 0 spiro atoms. The molecule has 0 aliphatic heterocycles. The van der Waals surface area contributed by atoms with Gasteiger partial charge in [0, 0.05) is 11.9 Å². The SMILES string of the molecule is O=C(Nc1cn[nH]c1)Nc1ccc(O)c(C(=O)O)c1. The summed E-state index contributed by atoms with van der Waals surface area (Å²) in [6.07, 6.45) is 2.90. The first-order valence-electron chi connectivity index (χ1n) is 5.19. The quantitative estimate of drug-likeness (QED) is 0.535. The monoisotopic (exact) mass is 262 g/mol. The summed E-state index contributed by atoms with van der Waals surface area (Å²) in [5.74, 6) is -1.65. The number of urea groups is 1. The zero-order chi connectivity index (χ0) is 13.8. The van der Waals surface area contributed by atoms with Crippen LogP contribution in [0.25, 0.3) is 0 Å². The minimum atomic E-state index is -1.28. The summed E-state index contributed by atoms with van der Waals surface area (Å²) in [5.41, 5.74) is 0.423. The van der Waals surface area contributed by atoms with Gasteiger partial charge in [-0.1, -0.05) is 0 Å². The molecule has 0 aliphatic rings. The number of nitrogens with one attached hydrogen (secondary N) is 3. The van der Waals surface area contributed by atoms with Crippen LogP contribution in [-0.4, -0.2) is 32.4 Å². The number of carboxylic acid groups (broad SMARTS) is 1. The minimum Gasteiger partial charge on any atom is -0.507 e. The van der Waals surface area contributed by atoms with E-state index in [0.717, 1.165) is 6.07 Å². The Morgan fingerprint density at radius 1 is 1.21 bits per heavy atom. The fourth-order valence-corrected chi connectivity index (χ4v) is 1.40. The number of aromatic nitrogens is 2. The molecule has 0 atom stereocenters. The van der Waals surface area contributed by atoms with Crippen LogP contribution in [0.5, 0.6) is 5.75 Å². The maximum Gasteiger partial charge on any atom is 0.339 e. The van der Waals surface area contributed by atoms with Crippen molar-refractivity contribution in [3.63, 3.8) is 0 Å². The number of rotatable bonds is 3. The molecule has 0 saturated heterocycles. The van der Waals surface area contributed by atoms with Gasteiger partial charge in [0.1, 0.15) is 11.3 Å².